The zero-order valence-electron chi connectivity index (χ0n) is 12.3. The van der Waals surface area contributed by atoms with Crippen LogP contribution in [-0.4, -0.2) is 12.1 Å². The second-order valence-electron chi connectivity index (χ2n) is 5.04. The van der Waals surface area contributed by atoms with Gasteiger partial charge in [-0.25, -0.2) is 4.85 Å². The van der Waals surface area contributed by atoms with Gasteiger partial charge in [0.1, 0.15) is 5.75 Å². The van der Waals surface area contributed by atoms with Crippen molar-refractivity contribution >= 4 is 5.69 Å². The van der Waals surface area contributed by atoms with Crippen molar-refractivity contribution in [3.8, 4) is 16.9 Å². The first-order valence-electron chi connectivity index (χ1n) is 6.59. The maximum Gasteiger partial charge on any atom is 0.228 e. The largest absolute Gasteiger partial charge is 0.507 e. The summed E-state index contributed by atoms with van der Waals surface area (Å²) in [5.41, 5.74) is 4.70. The molecule has 0 unspecified atom stereocenters. The quantitative estimate of drug-likeness (QED) is 0.750. The van der Waals surface area contributed by atoms with E-state index in [1.165, 1.54) is 0 Å². The van der Waals surface area contributed by atoms with Gasteiger partial charge < -0.3 is 4.74 Å². The Kier molecular flexibility index (Phi) is 4.05. The fraction of sp³-hybridized carbons (Fsp3) is 0.294. The van der Waals surface area contributed by atoms with Crippen molar-refractivity contribution in [2.75, 3.05) is 7.11 Å². The Labute approximate surface area is 120 Å². The number of pyridine rings is 1. The SMILES string of the molecule is [C-]#[N+]c1cccc(-c2cc(C)ncc2C(C)C)c1OC. The normalized spacial score (nSPS) is 10.4. The maximum atomic E-state index is 7.26. The van der Waals surface area contributed by atoms with Crippen LogP contribution in [0.15, 0.2) is 30.5 Å². The predicted octanol–water partition coefficient (Wildman–Crippen LogP) is 4.74. The molecule has 0 saturated carbocycles. The number of aromatic nitrogens is 1. The first-order valence-corrected chi connectivity index (χ1v) is 6.59. The van der Waals surface area contributed by atoms with E-state index in [-0.39, 0.29) is 0 Å². The van der Waals surface area contributed by atoms with Gasteiger partial charge in [0.15, 0.2) is 0 Å². The van der Waals surface area contributed by atoms with Crippen LogP contribution in [0, 0.1) is 13.5 Å². The summed E-state index contributed by atoms with van der Waals surface area (Å²) in [6, 6.07) is 7.72. The van der Waals surface area contributed by atoms with Gasteiger partial charge >= 0.3 is 0 Å². The second kappa shape index (κ2) is 5.75. The summed E-state index contributed by atoms with van der Waals surface area (Å²) in [7, 11) is 1.61. The van der Waals surface area contributed by atoms with Crippen molar-refractivity contribution in [3.05, 3.63) is 53.1 Å². The van der Waals surface area contributed by atoms with E-state index >= 15 is 0 Å². The van der Waals surface area contributed by atoms with Crippen LogP contribution in [0.2, 0.25) is 0 Å². The highest BCUT2D eigenvalue weighted by Gasteiger charge is 2.16. The zero-order chi connectivity index (χ0) is 14.7. The summed E-state index contributed by atoms with van der Waals surface area (Å²) in [6.07, 6.45) is 1.92. The second-order valence-corrected chi connectivity index (χ2v) is 5.04. The number of benzene rings is 1. The molecule has 0 aliphatic carbocycles. The minimum Gasteiger partial charge on any atom is -0.507 e. The molecule has 0 saturated heterocycles. The van der Waals surface area contributed by atoms with E-state index in [0.29, 0.717) is 17.4 Å². The topological polar surface area (TPSA) is 26.5 Å². The van der Waals surface area contributed by atoms with E-state index in [4.69, 9.17) is 11.3 Å². The molecule has 0 fully saturated rings. The fourth-order valence-electron chi connectivity index (χ4n) is 2.30. The third kappa shape index (κ3) is 2.50. The number of hydrogen-bond acceptors (Lipinski definition) is 2. The summed E-state index contributed by atoms with van der Waals surface area (Å²) >= 11 is 0. The van der Waals surface area contributed by atoms with Gasteiger partial charge in [-0.2, -0.15) is 0 Å². The number of para-hydroxylation sites is 1. The van der Waals surface area contributed by atoms with E-state index in [2.05, 4.69) is 29.7 Å². The summed E-state index contributed by atoms with van der Waals surface area (Å²) in [5.74, 6) is 0.995. The monoisotopic (exact) mass is 266 g/mol. The van der Waals surface area contributed by atoms with Crippen LogP contribution < -0.4 is 4.74 Å². The number of hydrogen-bond donors (Lipinski definition) is 0. The Morgan fingerprint density at radius 2 is 2.00 bits per heavy atom. The smallest absolute Gasteiger partial charge is 0.228 e. The molecule has 2 rings (SSSR count). The number of aryl methyl sites for hydroxylation is 1. The molecule has 0 aliphatic rings. The lowest BCUT2D eigenvalue weighted by atomic mass is 9.93. The number of methoxy groups -OCH3 is 1. The average Bonchev–Trinajstić information content (AvgIpc) is 2.45. The Hall–Kier alpha value is -2.34. The van der Waals surface area contributed by atoms with Gasteiger partial charge in [0, 0.05) is 17.5 Å². The molecule has 2 aromatic rings. The molecule has 0 aliphatic heterocycles. The molecule has 0 N–H and O–H groups in total. The van der Waals surface area contributed by atoms with Crippen molar-refractivity contribution < 1.29 is 4.74 Å². The van der Waals surface area contributed by atoms with E-state index in [1.807, 2.05) is 25.3 Å². The molecule has 0 amide bonds. The Morgan fingerprint density at radius 3 is 2.60 bits per heavy atom. The third-order valence-corrected chi connectivity index (χ3v) is 3.30. The molecule has 3 nitrogen and oxygen atoms in total. The van der Waals surface area contributed by atoms with Crippen LogP contribution in [0.4, 0.5) is 5.69 Å². The molecule has 0 spiro atoms. The number of ether oxygens (including phenoxy) is 1. The van der Waals surface area contributed by atoms with Crippen LogP contribution in [0.25, 0.3) is 16.0 Å². The molecule has 1 heterocycles. The summed E-state index contributed by atoms with van der Waals surface area (Å²) in [6.45, 7) is 13.5. The van der Waals surface area contributed by atoms with Gasteiger partial charge in [0.2, 0.25) is 5.69 Å². The molecule has 0 radical (unpaired) electrons. The molecule has 20 heavy (non-hydrogen) atoms. The van der Waals surface area contributed by atoms with Gasteiger partial charge in [-0.05, 0) is 30.0 Å². The Morgan fingerprint density at radius 1 is 1.25 bits per heavy atom. The van der Waals surface area contributed by atoms with Crippen LogP contribution in [-0.2, 0) is 0 Å². The van der Waals surface area contributed by atoms with E-state index in [9.17, 15) is 0 Å². The van der Waals surface area contributed by atoms with Gasteiger partial charge in [-0.3, -0.25) is 4.98 Å². The highest BCUT2D eigenvalue weighted by Crippen LogP contribution is 2.40. The molecular weight excluding hydrogens is 248 g/mol. The van der Waals surface area contributed by atoms with Crippen molar-refractivity contribution in [2.45, 2.75) is 26.7 Å². The van der Waals surface area contributed by atoms with Gasteiger partial charge in [0.05, 0.1) is 13.7 Å². The average molecular weight is 266 g/mol. The fourth-order valence-corrected chi connectivity index (χ4v) is 2.30. The molecule has 1 aromatic heterocycles. The van der Waals surface area contributed by atoms with E-state index in [0.717, 1.165) is 22.4 Å². The third-order valence-electron chi connectivity index (χ3n) is 3.30. The highest BCUT2D eigenvalue weighted by atomic mass is 16.5. The van der Waals surface area contributed by atoms with Crippen LogP contribution in [0.5, 0.6) is 5.75 Å². The van der Waals surface area contributed by atoms with E-state index in [1.54, 1.807) is 13.2 Å². The standard InChI is InChI=1S/C17H18N2O/c1-11(2)15-10-19-12(3)9-14(15)13-7-6-8-16(18-4)17(13)20-5/h6-11H,1-3,5H3. The molecule has 1 aromatic carbocycles. The molecule has 102 valence electrons. The van der Waals surface area contributed by atoms with Crippen molar-refractivity contribution in [1.82, 2.24) is 4.98 Å². The van der Waals surface area contributed by atoms with Crippen molar-refractivity contribution in [2.24, 2.45) is 0 Å². The van der Waals surface area contributed by atoms with Gasteiger partial charge in [-0.1, -0.05) is 32.0 Å². The lowest BCUT2D eigenvalue weighted by molar-refractivity contribution is 0.419. The predicted molar refractivity (Wildman–Crippen MR) is 81.3 cm³/mol. The minimum atomic E-state index is 0.361. The van der Waals surface area contributed by atoms with Crippen LogP contribution in [0.1, 0.15) is 31.0 Å². The highest BCUT2D eigenvalue weighted by molar-refractivity contribution is 5.80. The van der Waals surface area contributed by atoms with E-state index < -0.39 is 0 Å². The van der Waals surface area contributed by atoms with Crippen molar-refractivity contribution in [3.63, 3.8) is 0 Å². The van der Waals surface area contributed by atoms with Crippen LogP contribution >= 0.6 is 0 Å². The molecule has 3 heteroatoms. The van der Waals surface area contributed by atoms with Crippen LogP contribution in [0.3, 0.4) is 0 Å². The Bertz CT molecular complexity index is 669. The summed E-state index contributed by atoms with van der Waals surface area (Å²) in [5, 5.41) is 0. The number of nitrogens with zero attached hydrogens (tertiary/aromatic N) is 2. The van der Waals surface area contributed by atoms with Gasteiger partial charge in [0.25, 0.3) is 0 Å². The van der Waals surface area contributed by atoms with Gasteiger partial charge in [-0.15, -0.1) is 0 Å². The summed E-state index contributed by atoms with van der Waals surface area (Å²) in [4.78, 5) is 7.92. The lowest BCUT2D eigenvalue weighted by Gasteiger charge is -2.16. The molecule has 0 bridgehead atoms. The zero-order valence-corrected chi connectivity index (χ0v) is 12.3. The minimum absolute atomic E-state index is 0.361. The summed E-state index contributed by atoms with van der Waals surface area (Å²) < 4.78 is 5.46. The Balaban J connectivity index is 2.75. The maximum absolute atomic E-state index is 7.26. The molecular formula is C17H18N2O. The lowest BCUT2D eigenvalue weighted by Crippen LogP contribution is -1.97. The number of rotatable bonds is 3. The first-order chi connectivity index (χ1) is 9.58. The molecule has 0 atom stereocenters. The van der Waals surface area contributed by atoms with Crippen molar-refractivity contribution in [1.29, 1.82) is 0 Å². The first kappa shape index (κ1) is 14.1.